The Kier molecular flexibility index (Phi) is 15.5. The van der Waals surface area contributed by atoms with Gasteiger partial charge in [0.2, 0.25) is 0 Å². The van der Waals surface area contributed by atoms with Gasteiger partial charge in [0.25, 0.3) is 14.3 Å². The van der Waals surface area contributed by atoms with E-state index in [-0.39, 0.29) is 18.5 Å². The van der Waals surface area contributed by atoms with Crippen LogP contribution in [0.4, 0.5) is 0 Å². The number of allylic oxidation sites excluding steroid dienone is 1. The van der Waals surface area contributed by atoms with Crippen molar-refractivity contribution < 1.29 is 21.6 Å². The molecule has 2 nitrogen and oxygen atoms in total. The number of rotatable bonds is 14. The van der Waals surface area contributed by atoms with E-state index in [0.717, 1.165) is 41.1 Å². The third-order valence-corrected chi connectivity index (χ3v) is 22.2. The van der Waals surface area contributed by atoms with Crippen LogP contribution < -0.4 is 12.4 Å². The zero-order chi connectivity index (χ0) is 29.0. The molecule has 0 spiro atoms. The Balaban J connectivity index is 0.00000484. The van der Waals surface area contributed by atoms with Crippen molar-refractivity contribution in [2.45, 2.75) is 165 Å². The predicted octanol–water partition coefficient (Wildman–Crippen LogP) is 8.99. The fourth-order valence-electron chi connectivity index (χ4n) is 8.59. The molecule has 3 saturated carbocycles. The van der Waals surface area contributed by atoms with Crippen LogP contribution in [0.2, 0.25) is 18.1 Å². The first-order valence-electron chi connectivity index (χ1n) is 17.7. The van der Waals surface area contributed by atoms with Gasteiger partial charge >= 0.3 is 0 Å². The van der Waals surface area contributed by atoms with E-state index in [2.05, 4.69) is 76.3 Å². The van der Waals surface area contributed by atoms with Gasteiger partial charge in [-0.3, -0.25) is 0 Å². The van der Waals surface area contributed by atoms with Crippen molar-refractivity contribution in [3.8, 4) is 0 Å². The molecule has 3 fully saturated rings. The predicted molar refractivity (Wildman–Crippen MR) is 185 cm³/mol. The van der Waals surface area contributed by atoms with Crippen molar-refractivity contribution in [1.82, 2.24) is 0 Å². The van der Waals surface area contributed by atoms with Crippen LogP contribution in [0.1, 0.15) is 130 Å². The lowest BCUT2D eigenvalue weighted by Crippen LogP contribution is -3.00. The van der Waals surface area contributed by atoms with Gasteiger partial charge in [-0.25, -0.2) is 0 Å². The van der Waals surface area contributed by atoms with Crippen LogP contribution in [0.15, 0.2) is 48.4 Å². The van der Waals surface area contributed by atoms with Crippen LogP contribution in [0.25, 0.3) is 6.08 Å². The molecule has 0 N–H and O–H groups in total. The Morgan fingerprint density at radius 1 is 0.762 bits per heavy atom. The molecule has 0 aromatic heterocycles. The molecule has 0 aliphatic heterocycles. The summed E-state index contributed by atoms with van der Waals surface area (Å²) in [5.41, 5.74) is 4.19. The molecule has 5 heteroatoms. The molecule has 4 rings (SSSR count). The zero-order valence-electron chi connectivity index (χ0n) is 27.5. The Morgan fingerprint density at radius 2 is 1.21 bits per heavy atom. The first-order valence-corrected chi connectivity index (χ1v) is 22.4. The van der Waals surface area contributed by atoms with Gasteiger partial charge in [0, 0.05) is 13.3 Å². The fourth-order valence-corrected chi connectivity index (χ4v) is 18.2. The van der Waals surface area contributed by atoms with Crippen molar-refractivity contribution in [3.63, 3.8) is 0 Å². The summed E-state index contributed by atoms with van der Waals surface area (Å²) in [7, 11) is -3.07. The number of benzene rings is 1. The van der Waals surface area contributed by atoms with Gasteiger partial charge in [0.1, 0.15) is 6.10 Å². The van der Waals surface area contributed by atoms with Crippen molar-refractivity contribution in [3.05, 3.63) is 54.0 Å². The molecule has 0 amide bonds. The highest BCUT2D eigenvalue weighted by molar-refractivity contribution is 7.78. The highest BCUT2D eigenvalue weighted by Crippen LogP contribution is 2.77. The van der Waals surface area contributed by atoms with Crippen LogP contribution in [0, 0.1) is 0 Å². The molecule has 0 radical (unpaired) electrons. The lowest BCUT2D eigenvalue weighted by Gasteiger charge is -2.48. The van der Waals surface area contributed by atoms with Gasteiger partial charge in [-0.05, 0) is 114 Å². The minimum Gasteiger partial charge on any atom is -1.00 e. The molecule has 0 saturated heterocycles. The van der Waals surface area contributed by atoms with Gasteiger partial charge in [0.15, 0.2) is 0 Å². The largest absolute Gasteiger partial charge is 1.00 e. The van der Waals surface area contributed by atoms with E-state index in [1.807, 2.05) is 0 Å². The second-order valence-corrected chi connectivity index (χ2v) is 22.8. The molecule has 42 heavy (non-hydrogen) atoms. The lowest BCUT2D eigenvalue weighted by molar-refractivity contribution is -0.0000155. The first-order chi connectivity index (χ1) is 20.0. The standard InChI is InChI=1S/C37H62O2PSi.ClH/c1-5-41(6-2,7-3)39-37(38-32(4)28-29-33-20-12-8-13-21-33)30-31-40(34-22-14-9-15-23-34,35-24-16-10-17-25-35)36-26-18-11-19-27-36;/h8,12-13,20-21,28-30,32,34-36H,5-7,9-11,14-19,22-27,31H2,1-4H3;1H/q+1;/p-1/b29-28+,37-30-;. The summed E-state index contributed by atoms with van der Waals surface area (Å²) < 4.78 is 13.9. The molecule has 1 unspecified atom stereocenters. The highest BCUT2D eigenvalue weighted by atomic mass is 35.5. The molecule has 1 aromatic rings. The fraction of sp³-hybridized carbons (Fsp3) is 0.730. The maximum Gasteiger partial charge on any atom is 0.265 e. The van der Waals surface area contributed by atoms with Gasteiger partial charge in [-0.2, -0.15) is 0 Å². The van der Waals surface area contributed by atoms with E-state index >= 15 is 0 Å². The minimum atomic E-state index is -1.85. The molecule has 3 aliphatic carbocycles. The maximum absolute atomic E-state index is 7.13. The number of hydrogen-bond acceptors (Lipinski definition) is 2. The maximum atomic E-state index is 7.13. The average Bonchev–Trinajstić information content (AvgIpc) is 3.05. The molecule has 1 atom stereocenters. The minimum absolute atomic E-state index is 0. The van der Waals surface area contributed by atoms with E-state index in [1.165, 1.54) is 108 Å². The van der Waals surface area contributed by atoms with E-state index < -0.39 is 15.6 Å². The molecule has 238 valence electrons. The molecule has 1 aromatic carbocycles. The Morgan fingerprint density at radius 3 is 1.64 bits per heavy atom. The molecule has 0 bridgehead atoms. The van der Waals surface area contributed by atoms with Crippen molar-refractivity contribution in [1.29, 1.82) is 0 Å². The van der Waals surface area contributed by atoms with Gasteiger partial charge in [-0.15, -0.1) is 0 Å². The van der Waals surface area contributed by atoms with Crippen LogP contribution in [0.5, 0.6) is 0 Å². The third-order valence-electron chi connectivity index (χ3n) is 11.2. The monoisotopic (exact) mass is 632 g/mol. The lowest BCUT2D eigenvalue weighted by atomic mass is 9.99. The molecule has 0 heterocycles. The van der Waals surface area contributed by atoms with Crippen molar-refractivity contribution in [2.24, 2.45) is 0 Å². The topological polar surface area (TPSA) is 18.5 Å². The van der Waals surface area contributed by atoms with Crippen molar-refractivity contribution in [2.75, 3.05) is 6.16 Å². The quantitative estimate of drug-likeness (QED) is 0.116. The summed E-state index contributed by atoms with van der Waals surface area (Å²) in [6, 6.07) is 14.1. The Bertz CT molecular complexity index is 875. The number of ether oxygens (including phenoxy) is 1. The molecule has 3 aliphatic rings. The van der Waals surface area contributed by atoms with Crippen molar-refractivity contribution >= 4 is 21.7 Å². The first kappa shape index (κ1) is 35.7. The average molecular weight is 633 g/mol. The second-order valence-electron chi connectivity index (χ2n) is 13.5. The normalized spacial score (nSPS) is 21.2. The summed E-state index contributed by atoms with van der Waals surface area (Å²) in [6.45, 7) is 9.23. The number of hydrogen-bond donors (Lipinski definition) is 0. The van der Waals surface area contributed by atoms with Crippen LogP contribution >= 0.6 is 7.26 Å². The summed E-state index contributed by atoms with van der Waals surface area (Å²) >= 11 is 0. The van der Waals surface area contributed by atoms with Crippen LogP contribution in [-0.4, -0.2) is 37.6 Å². The zero-order valence-corrected chi connectivity index (χ0v) is 30.2. The molecular formula is C37H62ClO2PSi. The van der Waals surface area contributed by atoms with E-state index in [0.29, 0.717) is 0 Å². The van der Waals surface area contributed by atoms with Crippen LogP contribution in [-0.2, 0) is 9.16 Å². The van der Waals surface area contributed by atoms with E-state index in [4.69, 9.17) is 9.16 Å². The van der Waals surface area contributed by atoms with Gasteiger partial charge in [0.05, 0.1) is 23.1 Å². The van der Waals surface area contributed by atoms with E-state index in [1.54, 1.807) is 0 Å². The van der Waals surface area contributed by atoms with E-state index in [9.17, 15) is 0 Å². The smallest absolute Gasteiger partial charge is 0.265 e. The third kappa shape index (κ3) is 9.37. The Hall–Kier alpha value is -0.763. The SMILES string of the molecule is CC[Si](CC)(CC)O/C(=C\C[P+](C1CCCCC1)(C1CCCCC1)C1CCCCC1)OC(C)/C=C/c1ccccc1.[Cl-]. The summed E-state index contributed by atoms with van der Waals surface area (Å²) in [5, 5.41) is 0. The number of halogens is 1. The summed E-state index contributed by atoms with van der Waals surface area (Å²) in [5.74, 6) is 0.888. The van der Waals surface area contributed by atoms with Gasteiger partial charge < -0.3 is 21.6 Å². The van der Waals surface area contributed by atoms with Gasteiger partial charge in [-0.1, -0.05) is 76.4 Å². The second kappa shape index (κ2) is 18.3. The van der Waals surface area contributed by atoms with Crippen LogP contribution in [0.3, 0.4) is 0 Å². The summed E-state index contributed by atoms with van der Waals surface area (Å²) in [4.78, 5) is 0. The Labute approximate surface area is 267 Å². The summed E-state index contributed by atoms with van der Waals surface area (Å²) in [6.07, 6.45) is 30.4. The highest BCUT2D eigenvalue weighted by Gasteiger charge is 2.56. The molecular weight excluding hydrogens is 571 g/mol.